The van der Waals surface area contributed by atoms with Gasteiger partial charge in [-0.05, 0) is 30.7 Å². The van der Waals surface area contributed by atoms with E-state index >= 15 is 0 Å². The molecule has 0 saturated carbocycles. The van der Waals surface area contributed by atoms with Crippen LogP contribution in [0.15, 0.2) is 24.3 Å². The van der Waals surface area contributed by atoms with Crippen molar-refractivity contribution in [3.63, 3.8) is 0 Å². The normalized spacial score (nSPS) is 17.4. The summed E-state index contributed by atoms with van der Waals surface area (Å²) in [4.78, 5) is 2.12. The Balaban J connectivity index is 2.02. The third-order valence-electron chi connectivity index (χ3n) is 2.71. The lowest BCUT2D eigenvalue weighted by Crippen LogP contribution is -2.26. The molecule has 99 valence electrons. The predicted molar refractivity (Wildman–Crippen MR) is 61.8 cm³/mol. The van der Waals surface area contributed by atoms with E-state index in [0.29, 0.717) is 0 Å². The Labute approximate surface area is 104 Å². The highest BCUT2D eigenvalue weighted by atomic mass is 19.4. The number of anilines is 1. The first-order valence-corrected chi connectivity index (χ1v) is 5.79. The minimum absolute atomic E-state index is 0.189. The first-order chi connectivity index (χ1) is 8.54. The van der Waals surface area contributed by atoms with E-state index in [1.54, 1.807) is 12.1 Å². The average molecular weight is 259 g/mol. The summed E-state index contributed by atoms with van der Waals surface area (Å²) in [7, 11) is 0. The van der Waals surface area contributed by atoms with E-state index in [2.05, 4.69) is 15.0 Å². The lowest BCUT2D eigenvalue weighted by atomic mass is 10.2. The van der Waals surface area contributed by atoms with Crippen molar-refractivity contribution in [2.75, 3.05) is 31.1 Å². The summed E-state index contributed by atoms with van der Waals surface area (Å²) in [5.41, 5.74) is 0.904. The van der Waals surface area contributed by atoms with Gasteiger partial charge in [-0.15, -0.1) is 13.2 Å². The lowest BCUT2D eigenvalue weighted by molar-refractivity contribution is -0.274. The van der Waals surface area contributed by atoms with Crippen LogP contribution in [0.3, 0.4) is 0 Å². The van der Waals surface area contributed by atoms with Gasteiger partial charge in [-0.1, -0.05) is 0 Å². The van der Waals surface area contributed by atoms with Crippen LogP contribution < -0.4 is 15.0 Å². The number of ether oxygens (including phenoxy) is 1. The summed E-state index contributed by atoms with van der Waals surface area (Å²) in [5.74, 6) is -0.189. The molecule has 1 aliphatic heterocycles. The number of rotatable bonds is 2. The Hall–Kier alpha value is -1.43. The molecule has 0 aliphatic carbocycles. The molecule has 0 N–H and O–H groups in total. The largest absolute Gasteiger partial charge is 0.573 e. The van der Waals surface area contributed by atoms with Crippen LogP contribution in [0.2, 0.25) is 0 Å². The van der Waals surface area contributed by atoms with Crippen molar-refractivity contribution < 1.29 is 17.9 Å². The van der Waals surface area contributed by atoms with Crippen LogP contribution in [0.4, 0.5) is 18.9 Å². The van der Waals surface area contributed by atoms with Crippen molar-refractivity contribution in [2.24, 2.45) is 0 Å². The third kappa shape index (κ3) is 3.80. The topological polar surface area (TPSA) is 26.6 Å². The van der Waals surface area contributed by atoms with Crippen molar-refractivity contribution in [2.45, 2.75) is 12.8 Å². The highest BCUT2D eigenvalue weighted by Crippen LogP contribution is 2.25. The fraction of sp³-hybridized carbons (Fsp3) is 0.500. The highest BCUT2D eigenvalue weighted by molar-refractivity contribution is 5.49. The molecule has 0 atom stereocenters. The van der Waals surface area contributed by atoms with Crippen molar-refractivity contribution >= 4 is 5.69 Å². The zero-order chi connectivity index (χ0) is 13.0. The molecule has 0 unspecified atom stereocenters. The molecular formula is C12H14F3N2O. The summed E-state index contributed by atoms with van der Waals surface area (Å²) in [5, 5.41) is 4.30. The summed E-state index contributed by atoms with van der Waals surface area (Å²) in [6.45, 7) is 3.30. The first-order valence-electron chi connectivity index (χ1n) is 5.79. The molecule has 1 fully saturated rings. The maximum Gasteiger partial charge on any atom is 0.573 e. The minimum atomic E-state index is -4.64. The third-order valence-corrected chi connectivity index (χ3v) is 2.71. The first kappa shape index (κ1) is 13.0. The molecule has 2 rings (SSSR count). The smallest absolute Gasteiger partial charge is 0.406 e. The average Bonchev–Trinajstić information content (AvgIpc) is 2.56. The molecule has 0 bridgehead atoms. The van der Waals surface area contributed by atoms with Crippen LogP contribution >= 0.6 is 0 Å². The second kappa shape index (κ2) is 5.48. The number of hydrogen-bond donors (Lipinski definition) is 0. The zero-order valence-electron chi connectivity index (χ0n) is 9.78. The van der Waals surface area contributed by atoms with Crippen LogP contribution in [-0.4, -0.2) is 32.5 Å². The molecule has 1 heterocycles. The number of halogens is 3. The zero-order valence-corrected chi connectivity index (χ0v) is 9.78. The van der Waals surface area contributed by atoms with Gasteiger partial charge in [0.25, 0.3) is 0 Å². The summed E-state index contributed by atoms with van der Waals surface area (Å²) in [6.07, 6.45) is -3.66. The standard InChI is InChI=1S/C12H14F3N2O/c13-12(14,15)18-11-4-2-10(3-5-11)17-8-1-6-16-7-9-17/h2-5H,1,6-9H2. The van der Waals surface area contributed by atoms with Crippen molar-refractivity contribution in [1.29, 1.82) is 0 Å². The van der Waals surface area contributed by atoms with Crippen molar-refractivity contribution in [3.8, 4) is 5.75 Å². The fourth-order valence-corrected chi connectivity index (χ4v) is 1.91. The molecule has 18 heavy (non-hydrogen) atoms. The molecule has 1 saturated heterocycles. The van der Waals surface area contributed by atoms with E-state index < -0.39 is 6.36 Å². The van der Waals surface area contributed by atoms with Gasteiger partial charge >= 0.3 is 6.36 Å². The van der Waals surface area contributed by atoms with Crippen LogP contribution in [-0.2, 0) is 0 Å². The molecule has 3 nitrogen and oxygen atoms in total. The molecule has 1 radical (unpaired) electrons. The van der Waals surface area contributed by atoms with Gasteiger partial charge in [-0.25, -0.2) is 5.32 Å². The van der Waals surface area contributed by atoms with Gasteiger partial charge in [0, 0.05) is 31.9 Å². The van der Waals surface area contributed by atoms with Gasteiger partial charge in [-0.3, -0.25) is 0 Å². The maximum atomic E-state index is 12.0. The molecule has 6 heteroatoms. The van der Waals surface area contributed by atoms with E-state index in [1.807, 2.05) is 0 Å². The van der Waals surface area contributed by atoms with Gasteiger partial charge < -0.3 is 9.64 Å². The van der Waals surface area contributed by atoms with Gasteiger partial charge in [0.2, 0.25) is 0 Å². The Bertz CT molecular complexity index is 370. The van der Waals surface area contributed by atoms with Crippen LogP contribution in [0.5, 0.6) is 5.75 Å². The van der Waals surface area contributed by atoms with E-state index in [-0.39, 0.29) is 5.75 Å². The molecule has 1 aliphatic rings. The predicted octanol–water partition coefficient (Wildman–Crippen LogP) is 2.40. The number of alkyl halides is 3. The summed E-state index contributed by atoms with van der Waals surface area (Å²) in [6, 6.07) is 5.97. The molecule has 0 aromatic heterocycles. The van der Waals surface area contributed by atoms with E-state index in [9.17, 15) is 13.2 Å². The molecule has 0 spiro atoms. The minimum Gasteiger partial charge on any atom is -0.406 e. The Kier molecular flexibility index (Phi) is 3.96. The Morgan fingerprint density at radius 1 is 1.06 bits per heavy atom. The maximum absolute atomic E-state index is 12.0. The quantitative estimate of drug-likeness (QED) is 0.815. The summed E-state index contributed by atoms with van der Waals surface area (Å²) >= 11 is 0. The highest BCUT2D eigenvalue weighted by Gasteiger charge is 2.31. The van der Waals surface area contributed by atoms with Crippen molar-refractivity contribution in [3.05, 3.63) is 24.3 Å². The number of hydrogen-bond acceptors (Lipinski definition) is 2. The molecule has 1 aromatic carbocycles. The SMILES string of the molecule is FC(F)(F)Oc1ccc(N2CCC[N]CC2)cc1. The van der Waals surface area contributed by atoms with Gasteiger partial charge in [0.15, 0.2) is 0 Å². The number of benzene rings is 1. The molecule has 1 aromatic rings. The monoisotopic (exact) mass is 259 g/mol. The number of nitrogens with zero attached hydrogens (tertiary/aromatic N) is 2. The fourth-order valence-electron chi connectivity index (χ4n) is 1.91. The molecule has 0 amide bonds. The van der Waals surface area contributed by atoms with Gasteiger partial charge in [0.1, 0.15) is 5.75 Å². The molecular weight excluding hydrogens is 245 g/mol. The Morgan fingerprint density at radius 2 is 1.78 bits per heavy atom. The van der Waals surface area contributed by atoms with Crippen molar-refractivity contribution in [1.82, 2.24) is 5.32 Å². The van der Waals surface area contributed by atoms with Crippen LogP contribution in [0.1, 0.15) is 6.42 Å². The van der Waals surface area contributed by atoms with E-state index in [4.69, 9.17) is 0 Å². The van der Waals surface area contributed by atoms with E-state index in [1.165, 1.54) is 12.1 Å². The van der Waals surface area contributed by atoms with Gasteiger partial charge in [-0.2, -0.15) is 0 Å². The van der Waals surface area contributed by atoms with E-state index in [0.717, 1.165) is 38.3 Å². The second-order valence-corrected chi connectivity index (χ2v) is 4.05. The van der Waals surface area contributed by atoms with Crippen LogP contribution in [0.25, 0.3) is 0 Å². The summed E-state index contributed by atoms with van der Waals surface area (Å²) < 4.78 is 39.8. The Morgan fingerprint density at radius 3 is 2.44 bits per heavy atom. The van der Waals surface area contributed by atoms with Crippen LogP contribution in [0, 0.1) is 0 Å². The lowest BCUT2D eigenvalue weighted by Gasteiger charge is -2.22. The van der Waals surface area contributed by atoms with Gasteiger partial charge in [0.05, 0.1) is 0 Å². The second-order valence-electron chi connectivity index (χ2n) is 4.05.